The second-order valence-corrected chi connectivity index (χ2v) is 9.41. The summed E-state index contributed by atoms with van der Waals surface area (Å²) >= 11 is 12.4. The Morgan fingerprint density at radius 3 is 2.68 bits per heavy atom. The number of carboxylic acids is 1. The standard InChI is InChI=1S/C28H25ClN4O4S/c1-36-14-15-37-24-11-10-20(17-21(24)29)33-26(25(31-28(33)38)22-8-2-3-12-30-22)23-9-5-13-32(23)19-7-4-6-18(16-19)27(34)35/h2-13,16-17,25-26H,14-15H2,1H3,(H,31,38)(H,34,35)/t25-,26+/m1/s1. The summed E-state index contributed by atoms with van der Waals surface area (Å²) in [7, 11) is 1.61. The summed E-state index contributed by atoms with van der Waals surface area (Å²) in [6, 6.07) is 21.5. The van der Waals surface area contributed by atoms with Crippen LogP contribution in [0.5, 0.6) is 5.75 Å². The van der Waals surface area contributed by atoms with Crippen LogP contribution in [0.3, 0.4) is 0 Å². The highest BCUT2D eigenvalue weighted by Crippen LogP contribution is 2.43. The Labute approximate surface area is 230 Å². The van der Waals surface area contributed by atoms with Crippen molar-refractivity contribution in [2.45, 2.75) is 12.1 Å². The number of thiocarbonyl (C=S) groups is 1. The number of pyridine rings is 1. The van der Waals surface area contributed by atoms with Gasteiger partial charge in [-0.15, -0.1) is 0 Å². The number of carbonyl (C=O) groups is 1. The minimum atomic E-state index is -0.986. The van der Waals surface area contributed by atoms with E-state index in [1.807, 2.05) is 70.3 Å². The third-order valence-electron chi connectivity index (χ3n) is 6.29. The Hall–Kier alpha value is -3.92. The lowest BCUT2D eigenvalue weighted by Gasteiger charge is -2.29. The maximum absolute atomic E-state index is 11.6. The zero-order valence-electron chi connectivity index (χ0n) is 20.5. The molecule has 1 saturated heterocycles. The van der Waals surface area contributed by atoms with E-state index in [1.54, 1.807) is 31.5 Å². The number of aromatic carboxylic acids is 1. The van der Waals surface area contributed by atoms with Crippen molar-refractivity contribution in [2.75, 3.05) is 25.2 Å². The molecule has 3 heterocycles. The van der Waals surface area contributed by atoms with E-state index >= 15 is 0 Å². The largest absolute Gasteiger partial charge is 0.490 e. The molecule has 194 valence electrons. The van der Waals surface area contributed by atoms with Crippen LogP contribution < -0.4 is 15.0 Å². The zero-order valence-corrected chi connectivity index (χ0v) is 22.0. The van der Waals surface area contributed by atoms with Crippen LogP contribution in [0.4, 0.5) is 5.69 Å². The summed E-state index contributed by atoms with van der Waals surface area (Å²) in [5.41, 5.74) is 3.42. The lowest BCUT2D eigenvalue weighted by molar-refractivity contribution is 0.0697. The van der Waals surface area contributed by atoms with E-state index in [9.17, 15) is 9.90 Å². The van der Waals surface area contributed by atoms with Gasteiger partial charge < -0.3 is 29.4 Å². The number of halogens is 1. The molecule has 1 fully saturated rings. The van der Waals surface area contributed by atoms with E-state index in [4.69, 9.17) is 33.3 Å². The van der Waals surface area contributed by atoms with Gasteiger partial charge in [0.15, 0.2) is 5.11 Å². The molecular weight excluding hydrogens is 524 g/mol. The Kier molecular flexibility index (Phi) is 7.59. The molecule has 0 bridgehead atoms. The molecule has 2 atom stereocenters. The molecule has 0 saturated carbocycles. The van der Waals surface area contributed by atoms with Crippen LogP contribution in [0.1, 0.15) is 33.8 Å². The number of nitrogens with one attached hydrogen (secondary N) is 1. The number of nitrogens with zero attached hydrogens (tertiary/aromatic N) is 3. The van der Waals surface area contributed by atoms with Gasteiger partial charge in [0.1, 0.15) is 18.4 Å². The van der Waals surface area contributed by atoms with Crippen LogP contribution in [0.25, 0.3) is 5.69 Å². The molecule has 0 aliphatic carbocycles. The molecule has 0 unspecified atom stereocenters. The highest BCUT2D eigenvalue weighted by Gasteiger charge is 2.42. The molecule has 38 heavy (non-hydrogen) atoms. The van der Waals surface area contributed by atoms with Crippen molar-refractivity contribution in [1.82, 2.24) is 14.9 Å². The molecule has 0 radical (unpaired) electrons. The number of aromatic nitrogens is 2. The first kappa shape index (κ1) is 25.7. The summed E-state index contributed by atoms with van der Waals surface area (Å²) in [5.74, 6) is -0.433. The van der Waals surface area contributed by atoms with Crippen LogP contribution in [-0.2, 0) is 4.74 Å². The summed E-state index contributed by atoms with van der Waals surface area (Å²) < 4.78 is 12.8. The van der Waals surface area contributed by atoms with Gasteiger partial charge in [0.25, 0.3) is 0 Å². The SMILES string of the molecule is COCCOc1ccc(N2C(=S)N[C@H](c3ccccn3)[C@@H]2c2cccn2-c2cccc(C(=O)O)c2)cc1Cl. The molecule has 0 amide bonds. The van der Waals surface area contributed by atoms with Crippen molar-refractivity contribution >= 4 is 40.6 Å². The second kappa shape index (κ2) is 11.2. The number of benzene rings is 2. The Bertz CT molecular complexity index is 1460. The summed E-state index contributed by atoms with van der Waals surface area (Å²) in [5, 5.41) is 13.9. The molecular formula is C28H25ClN4O4S. The summed E-state index contributed by atoms with van der Waals surface area (Å²) in [6.07, 6.45) is 3.66. The molecule has 10 heteroatoms. The van der Waals surface area contributed by atoms with Crippen molar-refractivity contribution in [1.29, 1.82) is 0 Å². The van der Waals surface area contributed by atoms with Crippen LogP contribution >= 0.6 is 23.8 Å². The van der Waals surface area contributed by atoms with Crippen molar-refractivity contribution < 1.29 is 19.4 Å². The Balaban J connectivity index is 1.59. The highest BCUT2D eigenvalue weighted by molar-refractivity contribution is 7.80. The van der Waals surface area contributed by atoms with Gasteiger partial charge in [-0.1, -0.05) is 23.7 Å². The lowest BCUT2D eigenvalue weighted by Crippen LogP contribution is -2.30. The van der Waals surface area contributed by atoms with Gasteiger partial charge in [-0.2, -0.15) is 0 Å². The van der Waals surface area contributed by atoms with E-state index in [-0.39, 0.29) is 17.6 Å². The molecule has 5 rings (SSSR count). The third kappa shape index (κ3) is 5.08. The number of rotatable bonds is 9. The van der Waals surface area contributed by atoms with Gasteiger partial charge in [0.2, 0.25) is 0 Å². The monoisotopic (exact) mass is 548 g/mol. The van der Waals surface area contributed by atoms with E-state index in [2.05, 4.69) is 10.3 Å². The maximum Gasteiger partial charge on any atom is 0.335 e. The second-order valence-electron chi connectivity index (χ2n) is 8.61. The molecule has 1 aliphatic heterocycles. The Morgan fingerprint density at radius 2 is 1.95 bits per heavy atom. The quantitative estimate of drug-likeness (QED) is 0.211. The van der Waals surface area contributed by atoms with Crippen molar-refractivity contribution in [3.8, 4) is 11.4 Å². The first-order chi connectivity index (χ1) is 18.5. The normalized spacial score (nSPS) is 16.9. The molecule has 2 aromatic carbocycles. The molecule has 4 aromatic rings. The fraction of sp³-hybridized carbons (Fsp3) is 0.179. The first-order valence-corrected chi connectivity index (χ1v) is 12.7. The van der Waals surface area contributed by atoms with Crippen LogP contribution in [-0.4, -0.2) is 46.1 Å². The number of ether oxygens (including phenoxy) is 2. The van der Waals surface area contributed by atoms with Gasteiger partial charge in [-0.25, -0.2) is 4.79 Å². The minimum absolute atomic E-state index is 0.205. The number of hydrogen-bond donors (Lipinski definition) is 2. The molecule has 1 aliphatic rings. The van der Waals surface area contributed by atoms with E-state index in [0.717, 1.165) is 22.8 Å². The van der Waals surface area contributed by atoms with Crippen molar-refractivity contribution in [3.63, 3.8) is 0 Å². The molecule has 8 nitrogen and oxygen atoms in total. The van der Waals surface area contributed by atoms with E-state index < -0.39 is 5.97 Å². The summed E-state index contributed by atoms with van der Waals surface area (Å²) in [4.78, 5) is 18.3. The molecule has 2 aromatic heterocycles. The number of carboxylic acid groups (broad SMARTS) is 1. The van der Waals surface area contributed by atoms with Gasteiger partial charge in [0, 0.05) is 36.6 Å². The predicted octanol–water partition coefficient (Wildman–Crippen LogP) is 5.43. The summed E-state index contributed by atoms with van der Waals surface area (Å²) in [6.45, 7) is 0.832. The zero-order chi connectivity index (χ0) is 26.6. The smallest absolute Gasteiger partial charge is 0.335 e. The highest BCUT2D eigenvalue weighted by atomic mass is 35.5. The number of anilines is 1. The van der Waals surface area contributed by atoms with E-state index in [1.165, 1.54) is 0 Å². The van der Waals surface area contributed by atoms with Crippen molar-refractivity contribution in [2.24, 2.45) is 0 Å². The number of hydrogen-bond acceptors (Lipinski definition) is 5. The van der Waals surface area contributed by atoms with Gasteiger partial charge >= 0.3 is 5.97 Å². The maximum atomic E-state index is 11.6. The predicted molar refractivity (Wildman–Crippen MR) is 149 cm³/mol. The average Bonchev–Trinajstić information content (AvgIpc) is 3.54. The van der Waals surface area contributed by atoms with Crippen molar-refractivity contribution in [3.05, 3.63) is 107 Å². The Morgan fingerprint density at radius 1 is 1.08 bits per heavy atom. The average molecular weight is 549 g/mol. The molecule has 0 spiro atoms. The molecule has 2 N–H and O–H groups in total. The first-order valence-electron chi connectivity index (χ1n) is 11.9. The van der Waals surface area contributed by atoms with Crippen LogP contribution in [0.2, 0.25) is 5.02 Å². The minimum Gasteiger partial charge on any atom is -0.490 e. The van der Waals surface area contributed by atoms with Gasteiger partial charge in [0.05, 0.1) is 28.9 Å². The third-order valence-corrected chi connectivity index (χ3v) is 6.90. The van der Waals surface area contributed by atoms with E-state index in [0.29, 0.717) is 29.1 Å². The van der Waals surface area contributed by atoms with Gasteiger partial charge in [-0.3, -0.25) is 4.98 Å². The topological polar surface area (TPSA) is 88.9 Å². The fourth-order valence-corrected chi connectivity index (χ4v) is 5.16. The number of methoxy groups -OCH3 is 1. The fourth-order valence-electron chi connectivity index (χ4n) is 4.58. The lowest BCUT2D eigenvalue weighted by atomic mass is 10.0. The van der Waals surface area contributed by atoms with Crippen LogP contribution in [0.15, 0.2) is 85.2 Å². The van der Waals surface area contributed by atoms with Crippen LogP contribution in [0, 0.1) is 0 Å². The van der Waals surface area contributed by atoms with Gasteiger partial charge in [-0.05, 0) is 72.9 Å².